The van der Waals surface area contributed by atoms with Crippen molar-refractivity contribution in [1.29, 1.82) is 0 Å². The summed E-state index contributed by atoms with van der Waals surface area (Å²) in [6.45, 7) is 7.65. The van der Waals surface area contributed by atoms with E-state index in [9.17, 15) is 0 Å². The summed E-state index contributed by atoms with van der Waals surface area (Å²) < 4.78 is 2.06. The first-order valence-electron chi connectivity index (χ1n) is 8.56. The van der Waals surface area contributed by atoms with Gasteiger partial charge in [0.2, 0.25) is 0 Å². The number of thiazole rings is 1. The van der Waals surface area contributed by atoms with Gasteiger partial charge >= 0.3 is 0 Å². The first-order chi connectivity index (χ1) is 12.3. The third kappa shape index (κ3) is 3.64. The maximum Gasteiger partial charge on any atom is 0.194 e. The summed E-state index contributed by atoms with van der Waals surface area (Å²) in [4.78, 5) is 15.3. The van der Waals surface area contributed by atoms with Crippen LogP contribution in [0.15, 0.2) is 40.3 Å². The molecule has 0 amide bonds. The van der Waals surface area contributed by atoms with E-state index in [2.05, 4.69) is 55.1 Å². The Hall–Kier alpha value is -2.06. The lowest BCUT2D eigenvalue weighted by atomic mass is 10.3. The fourth-order valence-corrected chi connectivity index (χ4v) is 4.53. The van der Waals surface area contributed by atoms with Crippen LogP contribution in [0.1, 0.15) is 12.6 Å². The van der Waals surface area contributed by atoms with E-state index in [1.807, 2.05) is 22.9 Å². The third-order valence-electron chi connectivity index (χ3n) is 4.27. The van der Waals surface area contributed by atoms with E-state index in [1.165, 1.54) is 5.00 Å². The van der Waals surface area contributed by atoms with E-state index < -0.39 is 0 Å². The average molecular weight is 375 g/mol. The van der Waals surface area contributed by atoms with Crippen LogP contribution in [0, 0.1) is 0 Å². The van der Waals surface area contributed by atoms with E-state index in [0.717, 1.165) is 49.3 Å². The Morgan fingerprint density at radius 3 is 2.84 bits per heavy atom. The number of fused-ring (bicyclic) bond motifs is 1. The van der Waals surface area contributed by atoms with Crippen molar-refractivity contribution in [3.63, 3.8) is 0 Å². The van der Waals surface area contributed by atoms with Crippen molar-refractivity contribution >= 4 is 38.6 Å². The molecular weight excluding hydrogens is 352 g/mol. The van der Waals surface area contributed by atoms with E-state index in [-0.39, 0.29) is 0 Å². The van der Waals surface area contributed by atoms with Gasteiger partial charge in [-0.05, 0) is 24.4 Å². The van der Waals surface area contributed by atoms with Gasteiger partial charge in [-0.1, -0.05) is 0 Å². The molecule has 0 saturated carbocycles. The van der Waals surface area contributed by atoms with Crippen molar-refractivity contribution in [1.82, 2.24) is 19.6 Å². The summed E-state index contributed by atoms with van der Waals surface area (Å²) in [5.41, 5.74) is 1.01. The van der Waals surface area contributed by atoms with Crippen molar-refractivity contribution in [2.45, 2.75) is 13.5 Å². The molecule has 1 aliphatic rings. The molecule has 4 rings (SSSR count). The van der Waals surface area contributed by atoms with Gasteiger partial charge in [0.25, 0.3) is 0 Å². The van der Waals surface area contributed by atoms with Gasteiger partial charge in [-0.25, -0.2) is 9.98 Å². The molecule has 6 nitrogen and oxygen atoms in total. The summed E-state index contributed by atoms with van der Waals surface area (Å²) in [5, 5.41) is 8.98. The molecule has 4 heterocycles. The molecule has 3 aromatic rings. The molecule has 1 fully saturated rings. The van der Waals surface area contributed by atoms with Crippen molar-refractivity contribution in [2.75, 3.05) is 37.6 Å². The summed E-state index contributed by atoms with van der Waals surface area (Å²) in [6, 6.07) is 4.32. The van der Waals surface area contributed by atoms with E-state index in [0.29, 0.717) is 6.54 Å². The molecule has 1 saturated heterocycles. The zero-order valence-corrected chi connectivity index (χ0v) is 15.9. The highest BCUT2D eigenvalue weighted by molar-refractivity contribution is 7.15. The number of thiophene rings is 1. The number of hydrogen-bond acceptors (Lipinski definition) is 5. The number of nitrogens with zero attached hydrogens (tertiary/aromatic N) is 5. The van der Waals surface area contributed by atoms with Crippen LogP contribution in [0.25, 0.3) is 4.96 Å². The number of anilines is 1. The minimum atomic E-state index is 0.613. The molecule has 0 bridgehead atoms. The summed E-state index contributed by atoms with van der Waals surface area (Å²) in [6.07, 6.45) is 4.10. The van der Waals surface area contributed by atoms with Crippen LogP contribution in [0.5, 0.6) is 0 Å². The topological polar surface area (TPSA) is 48.2 Å². The summed E-state index contributed by atoms with van der Waals surface area (Å²) in [5.74, 6) is 0.990. The van der Waals surface area contributed by atoms with Gasteiger partial charge in [0.05, 0.1) is 17.2 Å². The van der Waals surface area contributed by atoms with Gasteiger partial charge in [0.15, 0.2) is 10.9 Å². The average Bonchev–Trinajstić information content (AvgIpc) is 3.35. The second kappa shape index (κ2) is 7.45. The lowest BCUT2D eigenvalue weighted by Gasteiger charge is -2.37. The molecule has 0 radical (unpaired) electrons. The number of hydrogen-bond donors (Lipinski definition) is 1. The zero-order chi connectivity index (χ0) is 17.1. The predicted octanol–water partition coefficient (Wildman–Crippen LogP) is 2.75. The smallest absolute Gasteiger partial charge is 0.194 e. The highest BCUT2D eigenvalue weighted by Gasteiger charge is 2.20. The number of imidazole rings is 1. The number of nitrogens with one attached hydrogen (secondary N) is 1. The van der Waals surface area contributed by atoms with Crippen LogP contribution >= 0.6 is 22.7 Å². The van der Waals surface area contributed by atoms with Crippen LogP contribution in [-0.2, 0) is 6.54 Å². The Labute approximate surface area is 155 Å². The lowest BCUT2D eigenvalue weighted by molar-refractivity contribution is 0.373. The van der Waals surface area contributed by atoms with Crippen molar-refractivity contribution in [3.05, 3.63) is 41.0 Å². The van der Waals surface area contributed by atoms with Crippen molar-refractivity contribution in [3.8, 4) is 0 Å². The molecule has 0 aliphatic carbocycles. The Morgan fingerprint density at radius 1 is 1.24 bits per heavy atom. The molecule has 1 aliphatic heterocycles. The summed E-state index contributed by atoms with van der Waals surface area (Å²) >= 11 is 3.46. The molecule has 25 heavy (non-hydrogen) atoms. The van der Waals surface area contributed by atoms with Crippen molar-refractivity contribution < 1.29 is 0 Å². The standard InChI is InChI=1S/C17H22N6S2/c1-2-18-16(19-12-14-13-23-9-11-25-17(23)20-14)22-7-5-21(6-8-22)15-4-3-10-24-15/h3-4,9-11,13H,2,5-8,12H2,1H3,(H,18,19). The monoisotopic (exact) mass is 374 g/mol. The molecule has 1 N–H and O–H groups in total. The Balaban J connectivity index is 1.41. The number of aliphatic imine (C=N–C) groups is 1. The van der Waals surface area contributed by atoms with E-state index in [1.54, 1.807) is 11.3 Å². The minimum Gasteiger partial charge on any atom is -0.360 e. The van der Waals surface area contributed by atoms with Crippen LogP contribution in [0.4, 0.5) is 5.00 Å². The predicted molar refractivity (Wildman–Crippen MR) is 106 cm³/mol. The first-order valence-corrected chi connectivity index (χ1v) is 10.3. The van der Waals surface area contributed by atoms with Crippen LogP contribution in [-0.4, -0.2) is 53.0 Å². The molecular formula is C17H22N6S2. The van der Waals surface area contributed by atoms with Gasteiger partial charge in [0.1, 0.15) is 0 Å². The lowest BCUT2D eigenvalue weighted by Crippen LogP contribution is -2.52. The Morgan fingerprint density at radius 2 is 2.12 bits per heavy atom. The molecule has 0 aromatic carbocycles. The first kappa shape index (κ1) is 16.4. The Kier molecular flexibility index (Phi) is 4.89. The van der Waals surface area contributed by atoms with Gasteiger partial charge in [0, 0.05) is 50.5 Å². The van der Waals surface area contributed by atoms with Crippen molar-refractivity contribution in [2.24, 2.45) is 4.99 Å². The molecule has 0 spiro atoms. The second-order valence-electron chi connectivity index (χ2n) is 5.92. The Bertz CT molecular complexity index is 798. The number of guanidine groups is 1. The van der Waals surface area contributed by atoms with Gasteiger partial charge in [-0.3, -0.25) is 4.40 Å². The van der Waals surface area contributed by atoms with Gasteiger partial charge in [-0.2, -0.15) is 0 Å². The van der Waals surface area contributed by atoms with Gasteiger partial charge < -0.3 is 15.1 Å². The fraction of sp³-hybridized carbons (Fsp3) is 0.412. The van der Waals surface area contributed by atoms with Gasteiger partial charge in [-0.15, -0.1) is 22.7 Å². The fourth-order valence-electron chi connectivity index (χ4n) is 3.02. The SMILES string of the molecule is CCNC(=NCc1cn2ccsc2n1)N1CCN(c2cccs2)CC1. The number of aromatic nitrogens is 2. The highest BCUT2D eigenvalue weighted by atomic mass is 32.1. The zero-order valence-electron chi connectivity index (χ0n) is 14.3. The van der Waals surface area contributed by atoms with E-state index in [4.69, 9.17) is 4.99 Å². The second-order valence-corrected chi connectivity index (χ2v) is 7.72. The molecule has 0 unspecified atom stereocenters. The maximum atomic E-state index is 4.81. The molecule has 3 aromatic heterocycles. The molecule has 132 valence electrons. The quantitative estimate of drug-likeness (QED) is 0.563. The van der Waals surface area contributed by atoms with Crippen LogP contribution in [0.3, 0.4) is 0 Å². The number of piperazine rings is 1. The number of rotatable bonds is 4. The normalized spacial score (nSPS) is 16.0. The maximum absolute atomic E-state index is 4.81. The molecule has 8 heteroatoms. The molecule has 0 atom stereocenters. The van der Waals surface area contributed by atoms with Crippen LogP contribution in [0.2, 0.25) is 0 Å². The van der Waals surface area contributed by atoms with E-state index >= 15 is 0 Å². The van der Waals surface area contributed by atoms with Crippen LogP contribution < -0.4 is 10.2 Å². The third-order valence-corrected chi connectivity index (χ3v) is 5.97. The largest absolute Gasteiger partial charge is 0.360 e. The minimum absolute atomic E-state index is 0.613. The highest BCUT2D eigenvalue weighted by Crippen LogP contribution is 2.22. The summed E-state index contributed by atoms with van der Waals surface area (Å²) in [7, 11) is 0.